The number of carbonyl (C=O) groups is 1. The fourth-order valence-electron chi connectivity index (χ4n) is 2.71. The first kappa shape index (κ1) is 17.4. The van der Waals surface area contributed by atoms with Crippen molar-refractivity contribution in [1.29, 1.82) is 0 Å². The number of nitrogens with one attached hydrogen (secondary N) is 1. The van der Waals surface area contributed by atoms with Gasteiger partial charge in [-0.3, -0.25) is 4.79 Å². The van der Waals surface area contributed by atoms with Crippen molar-refractivity contribution < 1.29 is 9.53 Å². The van der Waals surface area contributed by atoms with Gasteiger partial charge >= 0.3 is 0 Å². The molecule has 0 unspecified atom stereocenters. The molecule has 0 aliphatic carbocycles. The van der Waals surface area contributed by atoms with Gasteiger partial charge in [-0.1, -0.05) is 11.3 Å². The Morgan fingerprint density at radius 2 is 2.12 bits per heavy atom. The molecule has 0 aliphatic rings. The van der Waals surface area contributed by atoms with Gasteiger partial charge in [0.1, 0.15) is 11.6 Å². The van der Waals surface area contributed by atoms with Crippen LogP contribution in [0.4, 0.5) is 5.13 Å². The highest BCUT2D eigenvalue weighted by molar-refractivity contribution is 7.15. The first-order chi connectivity index (χ1) is 12.0. The molecule has 0 saturated heterocycles. The van der Waals surface area contributed by atoms with Crippen molar-refractivity contribution in [3.8, 4) is 0 Å². The van der Waals surface area contributed by atoms with Crippen LogP contribution in [0.5, 0.6) is 0 Å². The van der Waals surface area contributed by atoms with Crippen LogP contribution >= 0.6 is 11.3 Å². The van der Waals surface area contributed by atoms with Gasteiger partial charge in [0.15, 0.2) is 5.65 Å². The number of hydrogen-bond acceptors (Lipinski definition) is 7. The predicted octanol–water partition coefficient (Wildman–Crippen LogP) is 2.22. The van der Waals surface area contributed by atoms with Gasteiger partial charge in [0.2, 0.25) is 11.0 Å². The largest absolute Gasteiger partial charge is 0.377 e. The summed E-state index contributed by atoms with van der Waals surface area (Å²) in [6.07, 6.45) is 0.934. The maximum Gasteiger partial charge on any atom is 0.226 e. The monoisotopic (exact) mass is 360 g/mol. The van der Waals surface area contributed by atoms with Crippen molar-refractivity contribution >= 4 is 28.0 Å². The first-order valence-corrected chi connectivity index (χ1v) is 8.73. The molecule has 0 bridgehead atoms. The van der Waals surface area contributed by atoms with Gasteiger partial charge in [-0.25, -0.2) is 9.50 Å². The second-order valence-corrected chi connectivity index (χ2v) is 6.86. The van der Waals surface area contributed by atoms with E-state index in [-0.39, 0.29) is 5.91 Å². The molecule has 0 aromatic carbocycles. The molecule has 3 aromatic heterocycles. The van der Waals surface area contributed by atoms with Gasteiger partial charge in [0, 0.05) is 31.0 Å². The molecule has 0 saturated carbocycles. The van der Waals surface area contributed by atoms with E-state index in [1.54, 1.807) is 7.11 Å². The Bertz CT molecular complexity index is 917. The normalized spacial score (nSPS) is 11.2. The third-order valence-corrected chi connectivity index (χ3v) is 4.68. The average Bonchev–Trinajstić information content (AvgIpc) is 3.13. The minimum atomic E-state index is -0.101. The van der Waals surface area contributed by atoms with E-state index >= 15 is 0 Å². The molecule has 9 heteroatoms. The molecule has 0 radical (unpaired) electrons. The van der Waals surface area contributed by atoms with Crippen LogP contribution < -0.4 is 5.32 Å². The summed E-state index contributed by atoms with van der Waals surface area (Å²) < 4.78 is 6.83. The molecule has 8 nitrogen and oxygen atoms in total. The Morgan fingerprint density at radius 3 is 2.88 bits per heavy atom. The van der Waals surface area contributed by atoms with Crippen molar-refractivity contribution in [1.82, 2.24) is 24.8 Å². The topological polar surface area (TPSA) is 94.3 Å². The molecule has 3 rings (SSSR count). The number of rotatable bonds is 6. The summed E-state index contributed by atoms with van der Waals surface area (Å²) in [5.74, 6) is -0.101. The number of aryl methyl sites for hydroxylation is 3. The van der Waals surface area contributed by atoms with Crippen LogP contribution in [0.15, 0.2) is 6.07 Å². The van der Waals surface area contributed by atoms with E-state index in [1.165, 1.54) is 11.3 Å². The van der Waals surface area contributed by atoms with Crippen LogP contribution in [0.2, 0.25) is 0 Å². The smallest absolute Gasteiger partial charge is 0.226 e. The molecule has 3 heterocycles. The van der Waals surface area contributed by atoms with Crippen molar-refractivity contribution in [3.05, 3.63) is 33.7 Å². The number of amides is 1. The zero-order chi connectivity index (χ0) is 18.0. The third kappa shape index (κ3) is 3.83. The molecule has 1 amide bonds. The predicted molar refractivity (Wildman–Crippen MR) is 94.8 cm³/mol. The summed E-state index contributed by atoms with van der Waals surface area (Å²) in [7, 11) is 1.59. The lowest BCUT2D eigenvalue weighted by atomic mass is 10.1. The standard InChI is InChI=1S/C16H20N6O2S/c1-9-7-13-17-10(2)12(11(3)22(13)21-9)5-6-14(23)18-16-20-19-15(25-16)8-24-4/h7H,5-6,8H2,1-4H3,(H,18,20,23). The van der Waals surface area contributed by atoms with E-state index in [4.69, 9.17) is 4.74 Å². The van der Waals surface area contributed by atoms with Crippen LogP contribution in [0.1, 0.15) is 34.1 Å². The van der Waals surface area contributed by atoms with Gasteiger partial charge < -0.3 is 10.1 Å². The number of carbonyl (C=O) groups excluding carboxylic acids is 1. The van der Waals surface area contributed by atoms with Gasteiger partial charge in [-0.2, -0.15) is 5.10 Å². The summed E-state index contributed by atoms with van der Waals surface area (Å²) in [5.41, 5.74) is 4.74. The van der Waals surface area contributed by atoms with E-state index in [1.807, 2.05) is 31.4 Å². The van der Waals surface area contributed by atoms with Gasteiger partial charge in [-0.05, 0) is 32.8 Å². The Hall–Kier alpha value is -2.39. The molecular formula is C16H20N6O2S. The number of nitrogens with zero attached hydrogens (tertiary/aromatic N) is 5. The highest BCUT2D eigenvalue weighted by Gasteiger charge is 2.14. The molecular weight excluding hydrogens is 340 g/mol. The SMILES string of the molecule is COCc1nnc(NC(=O)CCc2c(C)nc3cc(C)nn3c2C)s1. The zero-order valence-corrected chi connectivity index (χ0v) is 15.5. The Kier molecular flexibility index (Phi) is 5.05. The van der Waals surface area contributed by atoms with Crippen LogP contribution in [-0.4, -0.2) is 37.8 Å². The number of fused-ring (bicyclic) bond motifs is 1. The summed E-state index contributed by atoms with van der Waals surface area (Å²) >= 11 is 1.31. The van der Waals surface area contributed by atoms with E-state index in [2.05, 4.69) is 25.6 Å². The van der Waals surface area contributed by atoms with Crippen LogP contribution in [-0.2, 0) is 22.6 Å². The molecule has 1 N–H and O–H groups in total. The third-order valence-electron chi connectivity index (χ3n) is 3.87. The first-order valence-electron chi connectivity index (χ1n) is 7.91. The fraction of sp³-hybridized carbons (Fsp3) is 0.438. The molecule has 3 aromatic rings. The van der Waals surface area contributed by atoms with E-state index < -0.39 is 0 Å². The number of methoxy groups -OCH3 is 1. The lowest BCUT2D eigenvalue weighted by Gasteiger charge is -2.10. The van der Waals surface area contributed by atoms with E-state index in [9.17, 15) is 4.79 Å². The second-order valence-electron chi connectivity index (χ2n) is 5.80. The second kappa shape index (κ2) is 7.24. The number of aromatic nitrogens is 5. The summed E-state index contributed by atoms with van der Waals surface area (Å²) in [6, 6.07) is 1.95. The maximum atomic E-state index is 12.2. The van der Waals surface area contributed by atoms with E-state index in [0.29, 0.717) is 24.6 Å². The van der Waals surface area contributed by atoms with Gasteiger partial charge in [0.25, 0.3) is 0 Å². The van der Waals surface area contributed by atoms with Crippen molar-refractivity contribution in [2.45, 2.75) is 40.2 Å². The Balaban J connectivity index is 1.68. The molecule has 132 valence electrons. The molecule has 25 heavy (non-hydrogen) atoms. The summed E-state index contributed by atoms with van der Waals surface area (Å²) in [4.78, 5) is 16.8. The summed E-state index contributed by atoms with van der Waals surface area (Å²) in [5, 5.41) is 16.3. The fourth-order valence-corrected chi connectivity index (χ4v) is 3.44. The Morgan fingerprint density at radius 1 is 1.32 bits per heavy atom. The number of ether oxygens (including phenoxy) is 1. The van der Waals surface area contributed by atoms with Crippen molar-refractivity contribution in [2.75, 3.05) is 12.4 Å². The number of hydrogen-bond donors (Lipinski definition) is 1. The minimum absolute atomic E-state index is 0.101. The highest BCUT2D eigenvalue weighted by Crippen LogP contribution is 2.19. The number of anilines is 1. The Labute approximate surface area is 149 Å². The van der Waals surface area contributed by atoms with Crippen LogP contribution in [0.25, 0.3) is 5.65 Å². The van der Waals surface area contributed by atoms with Crippen molar-refractivity contribution in [3.63, 3.8) is 0 Å². The molecule has 0 fully saturated rings. The quantitative estimate of drug-likeness (QED) is 0.724. The molecule has 0 aliphatic heterocycles. The van der Waals surface area contributed by atoms with E-state index in [0.717, 1.165) is 33.3 Å². The lowest BCUT2D eigenvalue weighted by molar-refractivity contribution is -0.116. The lowest BCUT2D eigenvalue weighted by Crippen LogP contribution is -2.14. The van der Waals surface area contributed by atoms with Crippen LogP contribution in [0.3, 0.4) is 0 Å². The van der Waals surface area contributed by atoms with Gasteiger partial charge in [-0.15, -0.1) is 10.2 Å². The zero-order valence-electron chi connectivity index (χ0n) is 14.7. The molecule has 0 atom stereocenters. The van der Waals surface area contributed by atoms with Crippen LogP contribution in [0, 0.1) is 20.8 Å². The van der Waals surface area contributed by atoms with Gasteiger partial charge in [0.05, 0.1) is 5.69 Å². The average molecular weight is 360 g/mol. The minimum Gasteiger partial charge on any atom is -0.377 e. The molecule has 0 spiro atoms. The van der Waals surface area contributed by atoms with Crippen molar-refractivity contribution in [2.24, 2.45) is 0 Å². The highest BCUT2D eigenvalue weighted by atomic mass is 32.1. The summed E-state index contributed by atoms with van der Waals surface area (Å²) in [6.45, 7) is 6.30. The maximum absolute atomic E-state index is 12.2.